The van der Waals surface area contributed by atoms with Crippen molar-refractivity contribution in [2.24, 2.45) is 4.99 Å². The molecule has 8 heteroatoms. The second-order valence-corrected chi connectivity index (χ2v) is 8.11. The average molecular weight is 415 g/mol. The van der Waals surface area contributed by atoms with Crippen LogP contribution in [0.1, 0.15) is 49.6 Å². The number of aromatic nitrogens is 1. The van der Waals surface area contributed by atoms with Crippen LogP contribution < -0.4 is 20.1 Å². The van der Waals surface area contributed by atoms with Crippen LogP contribution in [0.3, 0.4) is 0 Å². The van der Waals surface area contributed by atoms with Gasteiger partial charge in [-0.2, -0.15) is 0 Å². The van der Waals surface area contributed by atoms with Gasteiger partial charge in [-0.15, -0.1) is 0 Å². The van der Waals surface area contributed by atoms with Crippen molar-refractivity contribution in [2.75, 3.05) is 33.6 Å². The number of fused-ring (bicyclic) bond motifs is 1. The van der Waals surface area contributed by atoms with Crippen LogP contribution in [0.15, 0.2) is 33.8 Å². The van der Waals surface area contributed by atoms with Crippen LogP contribution in [-0.4, -0.2) is 44.7 Å². The number of guanidine groups is 1. The number of rotatable bonds is 6. The molecule has 0 saturated carbocycles. The van der Waals surface area contributed by atoms with Gasteiger partial charge in [-0.25, -0.2) is 0 Å². The molecule has 0 bridgehead atoms. The highest BCUT2D eigenvalue weighted by Crippen LogP contribution is 2.40. The monoisotopic (exact) mass is 414 g/mol. The van der Waals surface area contributed by atoms with Crippen molar-refractivity contribution in [3.05, 3.63) is 41.3 Å². The molecule has 2 aromatic rings. The lowest BCUT2D eigenvalue weighted by atomic mass is 9.74. The van der Waals surface area contributed by atoms with Crippen LogP contribution in [0.4, 0.5) is 0 Å². The SMILES string of the molecule is CN=C(NCc1cc(C(C)C)no1)NCC1(c2ccc3c(c2)OCO3)CCOCC1. The maximum atomic E-state index is 5.65. The Hall–Kier alpha value is -2.74. The normalized spacial score (nSPS) is 17.9. The molecule has 30 heavy (non-hydrogen) atoms. The number of aliphatic imine (C=N–C) groups is 1. The summed E-state index contributed by atoms with van der Waals surface area (Å²) in [4.78, 5) is 4.37. The number of hydrogen-bond acceptors (Lipinski definition) is 6. The zero-order valence-electron chi connectivity index (χ0n) is 17.9. The fourth-order valence-electron chi connectivity index (χ4n) is 3.88. The van der Waals surface area contributed by atoms with E-state index in [0.29, 0.717) is 12.5 Å². The van der Waals surface area contributed by atoms with Gasteiger partial charge in [-0.1, -0.05) is 25.1 Å². The van der Waals surface area contributed by atoms with Crippen LogP contribution in [0.25, 0.3) is 0 Å². The number of benzene rings is 1. The molecule has 2 aliphatic heterocycles. The highest BCUT2D eigenvalue weighted by atomic mass is 16.7. The fourth-order valence-corrected chi connectivity index (χ4v) is 3.88. The van der Waals surface area contributed by atoms with Gasteiger partial charge in [0.1, 0.15) is 0 Å². The minimum Gasteiger partial charge on any atom is -0.454 e. The van der Waals surface area contributed by atoms with Crippen molar-refractivity contribution in [1.82, 2.24) is 15.8 Å². The van der Waals surface area contributed by atoms with Gasteiger partial charge in [0, 0.05) is 38.3 Å². The van der Waals surface area contributed by atoms with Crippen LogP contribution >= 0.6 is 0 Å². The Morgan fingerprint density at radius 1 is 1.13 bits per heavy atom. The molecule has 1 aromatic carbocycles. The summed E-state index contributed by atoms with van der Waals surface area (Å²) in [5, 5.41) is 10.9. The lowest BCUT2D eigenvalue weighted by Crippen LogP contribution is -2.47. The van der Waals surface area contributed by atoms with Crippen LogP contribution in [0.2, 0.25) is 0 Å². The summed E-state index contributed by atoms with van der Waals surface area (Å²) in [5.41, 5.74) is 2.13. The first-order valence-electron chi connectivity index (χ1n) is 10.5. The Morgan fingerprint density at radius 2 is 1.93 bits per heavy atom. The highest BCUT2D eigenvalue weighted by molar-refractivity contribution is 5.79. The molecule has 0 aliphatic carbocycles. The van der Waals surface area contributed by atoms with Gasteiger partial charge in [-0.3, -0.25) is 4.99 Å². The van der Waals surface area contributed by atoms with E-state index in [2.05, 4.69) is 46.8 Å². The lowest BCUT2D eigenvalue weighted by molar-refractivity contribution is 0.0513. The van der Waals surface area contributed by atoms with E-state index < -0.39 is 0 Å². The molecule has 0 radical (unpaired) electrons. The highest BCUT2D eigenvalue weighted by Gasteiger charge is 2.35. The summed E-state index contributed by atoms with van der Waals surface area (Å²) in [6, 6.07) is 8.22. The summed E-state index contributed by atoms with van der Waals surface area (Å²) in [5.74, 6) is 3.48. The van der Waals surface area contributed by atoms with Crippen molar-refractivity contribution in [1.29, 1.82) is 0 Å². The maximum Gasteiger partial charge on any atom is 0.231 e. The largest absolute Gasteiger partial charge is 0.454 e. The Kier molecular flexibility index (Phi) is 6.13. The number of ether oxygens (including phenoxy) is 3. The molecule has 1 fully saturated rings. The Bertz CT molecular complexity index is 887. The predicted octanol–water partition coefficient (Wildman–Crippen LogP) is 2.94. The Balaban J connectivity index is 1.42. The van der Waals surface area contributed by atoms with E-state index in [-0.39, 0.29) is 12.2 Å². The minimum absolute atomic E-state index is 0.0616. The molecule has 0 unspecified atom stereocenters. The molecule has 1 saturated heterocycles. The number of nitrogens with zero attached hydrogens (tertiary/aromatic N) is 2. The van der Waals surface area contributed by atoms with E-state index in [1.165, 1.54) is 5.56 Å². The minimum atomic E-state index is -0.0616. The van der Waals surface area contributed by atoms with Crippen molar-refractivity contribution in [2.45, 2.75) is 44.6 Å². The van der Waals surface area contributed by atoms with Gasteiger partial charge in [0.2, 0.25) is 6.79 Å². The molecule has 4 rings (SSSR count). The summed E-state index contributed by atoms with van der Waals surface area (Å²) >= 11 is 0. The van der Waals surface area contributed by atoms with Gasteiger partial charge in [-0.05, 0) is 36.5 Å². The molecule has 0 atom stereocenters. The first-order valence-corrected chi connectivity index (χ1v) is 10.5. The number of nitrogens with one attached hydrogen (secondary N) is 2. The molecule has 2 aliphatic rings. The maximum absolute atomic E-state index is 5.65. The van der Waals surface area contributed by atoms with E-state index >= 15 is 0 Å². The van der Waals surface area contributed by atoms with Gasteiger partial charge in [0.15, 0.2) is 23.2 Å². The van der Waals surface area contributed by atoms with E-state index in [4.69, 9.17) is 18.7 Å². The molecule has 8 nitrogen and oxygen atoms in total. The molecule has 3 heterocycles. The Morgan fingerprint density at radius 3 is 2.67 bits per heavy atom. The Labute approximate surface area is 177 Å². The zero-order chi connectivity index (χ0) is 21.0. The van der Waals surface area contributed by atoms with Crippen LogP contribution in [0, 0.1) is 0 Å². The van der Waals surface area contributed by atoms with Crippen LogP contribution in [0.5, 0.6) is 11.5 Å². The van der Waals surface area contributed by atoms with Crippen molar-refractivity contribution in [3.63, 3.8) is 0 Å². The third kappa shape index (κ3) is 4.38. The summed E-state index contributed by atoms with van der Waals surface area (Å²) < 4.78 is 22.1. The van der Waals surface area contributed by atoms with Gasteiger partial charge in [0.25, 0.3) is 0 Å². The molecule has 0 amide bonds. The van der Waals surface area contributed by atoms with E-state index in [9.17, 15) is 0 Å². The molecule has 2 N–H and O–H groups in total. The quantitative estimate of drug-likeness (QED) is 0.555. The van der Waals surface area contributed by atoms with Crippen LogP contribution in [-0.2, 0) is 16.7 Å². The molecule has 1 aromatic heterocycles. The fraction of sp³-hybridized carbons (Fsp3) is 0.545. The second-order valence-electron chi connectivity index (χ2n) is 8.11. The first kappa shape index (κ1) is 20.5. The van der Waals surface area contributed by atoms with Crippen molar-refractivity contribution in [3.8, 4) is 11.5 Å². The van der Waals surface area contributed by atoms with Gasteiger partial charge in [0.05, 0.1) is 12.2 Å². The summed E-state index contributed by atoms with van der Waals surface area (Å²) in [6.45, 7) is 7.21. The second kappa shape index (κ2) is 8.95. The molecular formula is C22H30N4O4. The predicted molar refractivity (Wildman–Crippen MR) is 113 cm³/mol. The zero-order valence-corrected chi connectivity index (χ0v) is 17.9. The third-order valence-corrected chi connectivity index (χ3v) is 5.85. The summed E-state index contributed by atoms with van der Waals surface area (Å²) in [7, 11) is 1.77. The standard InChI is InChI=1S/C22H30N4O4/c1-15(2)18-11-17(30-26-18)12-24-21(23-3)25-13-22(6-8-27-9-7-22)16-4-5-19-20(10-16)29-14-28-19/h4-5,10-11,15H,6-9,12-14H2,1-3H3,(H2,23,24,25). The third-order valence-electron chi connectivity index (χ3n) is 5.85. The van der Waals surface area contributed by atoms with Crippen molar-refractivity contribution < 1.29 is 18.7 Å². The van der Waals surface area contributed by atoms with Crippen molar-refractivity contribution >= 4 is 5.96 Å². The molecule has 162 valence electrons. The van der Waals surface area contributed by atoms with E-state index in [0.717, 1.165) is 61.5 Å². The van der Waals surface area contributed by atoms with E-state index in [1.807, 2.05) is 12.1 Å². The smallest absolute Gasteiger partial charge is 0.231 e. The first-order chi connectivity index (χ1) is 14.6. The average Bonchev–Trinajstić information content (AvgIpc) is 3.43. The van der Waals surface area contributed by atoms with Gasteiger partial charge < -0.3 is 29.4 Å². The van der Waals surface area contributed by atoms with Gasteiger partial charge >= 0.3 is 0 Å². The number of hydrogen-bond donors (Lipinski definition) is 2. The molecular weight excluding hydrogens is 384 g/mol. The lowest BCUT2D eigenvalue weighted by Gasteiger charge is -2.38. The van der Waals surface area contributed by atoms with E-state index in [1.54, 1.807) is 7.05 Å². The topological polar surface area (TPSA) is 90.1 Å². The summed E-state index contributed by atoms with van der Waals surface area (Å²) in [6.07, 6.45) is 1.85. The molecule has 0 spiro atoms.